The fraction of sp³-hybridized carbons (Fsp3) is 0.538. The molecule has 0 aliphatic heterocycles. The maximum Gasteiger partial charge on any atom is 0.330 e. The van der Waals surface area contributed by atoms with Crippen LogP contribution in [0.5, 0.6) is 0 Å². The summed E-state index contributed by atoms with van der Waals surface area (Å²) in [5, 5.41) is 2.97. The molecular weight excluding hydrogens is 244 g/mol. The molecule has 0 bridgehead atoms. The van der Waals surface area contributed by atoms with Gasteiger partial charge in [-0.1, -0.05) is 6.92 Å². The summed E-state index contributed by atoms with van der Waals surface area (Å²) in [6.45, 7) is 3.01. The number of nitrogens with one attached hydrogen (secondary N) is 2. The molecule has 0 radical (unpaired) electrons. The normalized spacial score (nSPS) is 10.1. The van der Waals surface area contributed by atoms with E-state index in [-0.39, 0.29) is 11.5 Å². The van der Waals surface area contributed by atoms with E-state index in [1.54, 1.807) is 0 Å². The molecule has 4 N–H and O–H groups in total. The standard InChI is InChI=1S/C13H20N4O2/c1-3-5-6-7-8-15-10-11(14)17(9-4-2)13(19)16-12(10)18/h1,15H,4-9,14H2,2H3,(H,16,18,19). The minimum absolute atomic E-state index is 0.188. The predicted octanol–water partition coefficient (Wildman–Crippen LogP) is 0.744. The van der Waals surface area contributed by atoms with Crippen LogP contribution in [-0.4, -0.2) is 16.1 Å². The minimum Gasteiger partial charge on any atom is -0.383 e. The van der Waals surface area contributed by atoms with Gasteiger partial charge in [-0.25, -0.2) is 4.79 Å². The molecule has 104 valence electrons. The summed E-state index contributed by atoms with van der Waals surface area (Å²) in [5.41, 5.74) is 5.17. The van der Waals surface area contributed by atoms with E-state index in [1.165, 1.54) is 4.57 Å². The molecule has 1 aromatic rings. The Labute approximate surface area is 112 Å². The fourth-order valence-corrected chi connectivity index (χ4v) is 1.77. The molecule has 0 fully saturated rings. The van der Waals surface area contributed by atoms with Crippen LogP contribution in [0.4, 0.5) is 11.5 Å². The topological polar surface area (TPSA) is 92.9 Å². The molecule has 6 nitrogen and oxygen atoms in total. The van der Waals surface area contributed by atoms with Gasteiger partial charge in [0, 0.05) is 19.5 Å². The van der Waals surface area contributed by atoms with E-state index in [2.05, 4.69) is 16.2 Å². The number of nitrogens with two attached hydrogens (primary N) is 1. The summed E-state index contributed by atoms with van der Waals surface area (Å²) in [5.74, 6) is 2.74. The Kier molecular flexibility index (Phi) is 5.73. The third-order valence-electron chi connectivity index (χ3n) is 2.74. The fourth-order valence-electron chi connectivity index (χ4n) is 1.77. The number of terminal acetylenes is 1. The monoisotopic (exact) mass is 264 g/mol. The highest BCUT2D eigenvalue weighted by molar-refractivity contribution is 5.60. The number of anilines is 2. The molecule has 0 aliphatic rings. The first kappa shape index (κ1) is 14.9. The molecule has 6 heteroatoms. The number of unbranched alkanes of at least 4 members (excludes halogenated alkanes) is 2. The van der Waals surface area contributed by atoms with E-state index < -0.39 is 11.2 Å². The van der Waals surface area contributed by atoms with E-state index in [4.69, 9.17) is 12.2 Å². The molecule has 0 spiro atoms. The van der Waals surface area contributed by atoms with Gasteiger partial charge in [0.05, 0.1) is 0 Å². The number of hydrogen-bond acceptors (Lipinski definition) is 4. The van der Waals surface area contributed by atoms with Crippen molar-refractivity contribution in [2.45, 2.75) is 39.2 Å². The van der Waals surface area contributed by atoms with Crippen molar-refractivity contribution in [2.24, 2.45) is 0 Å². The largest absolute Gasteiger partial charge is 0.383 e. The van der Waals surface area contributed by atoms with Crippen molar-refractivity contribution in [2.75, 3.05) is 17.6 Å². The van der Waals surface area contributed by atoms with Crippen LogP contribution in [0.2, 0.25) is 0 Å². The van der Waals surface area contributed by atoms with Gasteiger partial charge in [-0.15, -0.1) is 12.3 Å². The third kappa shape index (κ3) is 3.91. The summed E-state index contributed by atoms with van der Waals surface area (Å²) < 4.78 is 1.37. The van der Waals surface area contributed by atoms with Crippen molar-refractivity contribution in [1.29, 1.82) is 0 Å². The van der Waals surface area contributed by atoms with Crippen LogP contribution in [0.15, 0.2) is 9.59 Å². The lowest BCUT2D eigenvalue weighted by Crippen LogP contribution is -2.34. The van der Waals surface area contributed by atoms with Crippen LogP contribution in [0.25, 0.3) is 0 Å². The lowest BCUT2D eigenvalue weighted by molar-refractivity contribution is 0.642. The lowest BCUT2D eigenvalue weighted by Gasteiger charge is -2.12. The quantitative estimate of drug-likeness (QED) is 0.500. The molecule has 1 aromatic heterocycles. The van der Waals surface area contributed by atoms with E-state index in [0.717, 1.165) is 19.3 Å². The number of H-pyrrole nitrogens is 1. The number of nitrogen functional groups attached to an aromatic ring is 1. The zero-order valence-corrected chi connectivity index (χ0v) is 11.2. The molecule has 0 unspecified atom stereocenters. The van der Waals surface area contributed by atoms with Crippen LogP contribution in [0, 0.1) is 12.3 Å². The van der Waals surface area contributed by atoms with Crippen molar-refractivity contribution in [1.82, 2.24) is 9.55 Å². The van der Waals surface area contributed by atoms with E-state index >= 15 is 0 Å². The van der Waals surface area contributed by atoms with Gasteiger partial charge in [0.25, 0.3) is 5.56 Å². The average Bonchev–Trinajstić information content (AvgIpc) is 2.37. The molecule has 0 saturated carbocycles. The zero-order chi connectivity index (χ0) is 14.3. The lowest BCUT2D eigenvalue weighted by atomic mass is 10.2. The molecule has 0 amide bonds. The first-order chi connectivity index (χ1) is 9.11. The Bertz CT molecular complexity index is 565. The van der Waals surface area contributed by atoms with Crippen molar-refractivity contribution in [3.05, 3.63) is 20.8 Å². The Balaban J connectivity index is 2.83. The second-order valence-electron chi connectivity index (χ2n) is 4.26. The summed E-state index contributed by atoms with van der Waals surface area (Å²) in [4.78, 5) is 25.6. The number of aromatic amines is 1. The number of rotatable bonds is 7. The van der Waals surface area contributed by atoms with E-state index in [1.807, 2.05) is 6.92 Å². The second-order valence-corrected chi connectivity index (χ2v) is 4.26. The first-order valence-electron chi connectivity index (χ1n) is 6.41. The number of aromatic nitrogens is 2. The van der Waals surface area contributed by atoms with Crippen LogP contribution in [0.1, 0.15) is 32.6 Å². The molecule has 0 atom stereocenters. The number of hydrogen-bond donors (Lipinski definition) is 3. The predicted molar refractivity (Wildman–Crippen MR) is 77.2 cm³/mol. The Morgan fingerprint density at radius 2 is 2.16 bits per heavy atom. The first-order valence-corrected chi connectivity index (χ1v) is 6.41. The second kappa shape index (κ2) is 7.31. The Morgan fingerprint density at radius 3 is 2.79 bits per heavy atom. The summed E-state index contributed by atoms with van der Waals surface area (Å²) in [6, 6.07) is 0. The van der Waals surface area contributed by atoms with Gasteiger partial charge in [-0.05, 0) is 19.3 Å². The minimum atomic E-state index is -0.480. The zero-order valence-electron chi connectivity index (χ0n) is 11.2. The van der Waals surface area contributed by atoms with Crippen LogP contribution >= 0.6 is 0 Å². The van der Waals surface area contributed by atoms with E-state index in [0.29, 0.717) is 19.5 Å². The molecule has 1 rings (SSSR count). The highest BCUT2D eigenvalue weighted by atomic mass is 16.2. The molecule has 0 aromatic carbocycles. The summed E-state index contributed by atoms with van der Waals surface area (Å²) in [6.07, 6.45) is 8.36. The van der Waals surface area contributed by atoms with Crippen LogP contribution < -0.4 is 22.3 Å². The van der Waals surface area contributed by atoms with Gasteiger partial charge in [-0.3, -0.25) is 14.3 Å². The number of nitrogens with zero attached hydrogens (tertiary/aromatic N) is 1. The highest BCUT2D eigenvalue weighted by Crippen LogP contribution is 2.10. The van der Waals surface area contributed by atoms with Gasteiger partial charge in [0.2, 0.25) is 0 Å². The van der Waals surface area contributed by atoms with Crippen molar-refractivity contribution in [3.8, 4) is 12.3 Å². The molecule has 19 heavy (non-hydrogen) atoms. The summed E-state index contributed by atoms with van der Waals surface area (Å²) >= 11 is 0. The molecule has 1 heterocycles. The van der Waals surface area contributed by atoms with Gasteiger partial charge in [-0.2, -0.15) is 0 Å². The maximum atomic E-state index is 11.7. The Hall–Kier alpha value is -2.16. The SMILES string of the molecule is C#CCCCCNc1c(N)n(CCC)c(=O)[nH]c1=O. The average molecular weight is 264 g/mol. The van der Waals surface area contributed by atoms with E-state index in [9.17, 15) is 9.59 Å². The molecular formula is C13H20N4O2. The summed E-state index contributed by atoms with van der Waals surface area (Å²) in [7, 11) is 0. The van der Waals surface area contributed by atoms with Crippen molar-refractivity contribution < 1.29 is 0 Å². The van der Waals surface area contributed by atoms with Crippen LogP contribution in [-0.2, 0) is 6.54 Å². The van der Waals surface area contributed by atoms with Crippen molar-refractivity contribution >= 4 is 11.5 Å². The maximum absolute atomic E-state index is 11.7. The van der Waals surface area contributed by atoms with Crippen LogP contribution in [0.3, 0.4) is 0 Å². The smallest absolute Gasteiger partial charge is 0.330 e. The Morgan fingerprint density at radius 1 is 1.42 bits per heavy atom. The van der Waals surface area contributed by atoms with Gasteiger partial charge in [0.15, 0.2) is 0 Å². The van der Waals surface area contributed by atoms with Gasteiger partial charge in [0.1, 0.15) is 11.5 Å². The third-order valence-corrected chi connectivity index (χ3v) is 2.74. The van der Waals surface area contributed by atoms with Gasteiger partial charge >= 0.3 is 5.69 Å². The highest BCUT2D eigenvalue weighted by Gasteiger charge is 2.10. The van der Waals surface area contributed by atoms with Gasteiger partial charge < -0.3 is 11.1 Å². The molecule has 0 saturated heterocycles. The van der Waals surface area contributed by atoms with Crippen molar-refractivity contribution in [3.63, 3.8) is 0 Å². The molecule has 0 aliphatic carbocycles.